The van der Waals surface area contributed by atoms with Gasteiger partial charge in [0.15, 0.2) is 0 Å². The van der Waals surface area contributed by atoms with Crippen LogP contribution in [-0.4, -0.2) is 8.42 Å². The van der Waals surface area contributed by atoms with Gasteiger partial charge in [-0.3, -0.25) is 0 Å². The van der Waals surface area contributed by atoms with Gasteiger partial charge in [-0.05, 0) is 17.7 Å². The first-order valence-corrected chi connectivity index (χ1v) is 4.94. The van der Waals surface area contributed by atoms with Crippen molar-refractivity contribution in [3.05, 3.63) is 35.6 Å². The van der Waals surface area contributed by atoms with Crippen LogP contribution in [0, 0.1) is 5.82 Å². The highest BCUT2D eigenvalue weighted by atomic mass is 32.2. The molecule has 12 heavy (non-hydrogen) atoms. The second kappa shape index (κ2) is 3.20. The second-order valence-corrected chi connectivity index (χ2v) is 4.05. The summed E-state index contributed by atoms with van der Waals surface area (Å²) < 4.78 is 33.6. The Morgan fingerprint density at radius 1 is 1.42 bits per heavy atom. The first kappa shape index (κ1) is 9.15. The number of rotatable bonds is 2. The maximum absolute atomic E-state index is 12.5. The average Bonchev–Trinajstić information content (AvgIpc) is 1.82. The maximum Gasteiger partial charge on any atom is 0.213 e. The van der Waals surface area contributed by atoms with Crippen molar-refractivity contribution >= 4 is 10.0 Å². The van der Waals surface area contributed by atoms with Crippen LogP contribution >= 0.6 is 0 Å². The molecule has 1 aromatic rings. The van der Waals surface area contributed by atoms with Crippen molar-refractivity contribution < 1.29 is 12.8 Å². The van der Waals surface area contributed by atoms with Gasteiger partial charge in [-0.1, -0.05) is 12.1 Å². The molecule has 0 spiro atoms. The fourth-order valence-corrected chi connectivity index (χ4v) is 1.50. The molecule has 0 saturated carbocycles. The molecule has 1 aromatic carbocycles. The molecule has 66 valence electrons. The van der Waals surface area contributed by atoms with Gasteiger partial charge in [0, 0.05) is 0 Å². The molecule has 0 bridgehead atoms. The normalized spacial score (nSPS) is 11.5. The lowest BCUT2D eigenvalue weighted by atomic mass is 10.2. The van der Waals surface area contributed by atoms with Crippen LogP contribution in [0.4, 0.5) is 4.39 Å². The van der Waals surface area contributed by atoms with E-state index >= 15 is 0 Å². The number of primary sulfonamides is 1. The van der Waals surface area contributed by atoms with Gasteiger partial charge in [-0.25, -0.2) is 17.9 Å². The van der Waals surface area contributed by atoms with E-state index < -0.39 is 15.8 Å². The Morgan fingerprint density at radius 2 is 2.08 bits per heavy atom. The third kappa shape index (κ3) is 2.98. The third-order valence-electron chi connectivity index (χ3n) is 1.26. The Hall–Kier alpha value is -0.940. The van der Waals surface area contributed by atoms with E-state index in [0.29, 0.717) is 5.56 Å². The Labute approximate surface area is 70.1 Å². The lowest BCUT2D eigenvalue weighted by Crippen LogP contribution is -2.14. The molecule has 5 heteroatoms. The van der Waals surface area contributed by atoms with E-state index in [1.165, 1.54) is 18.2 Å². The van der Waals surface area contributed by atoms with Crippen LogP contribution < -0.4 is 5.14 Å². The summed E-state index contributed by atoms with van der Waals surface area (Å²) in [5.74, 6) is -0.791. The molecule has 0 unspecified atom stereocenters. The molecular weight excluding hydrogens is 181 g/mol. The fraction of sp³-hybridized carbons (Fsp3) is 0.143. The van der Waals surface area contributed by atoms with Crippen molar-refractivity contribution in [1.82, 2.24) is 0 Å². The molecule has 0 amide bonds. The zero-order valence-corrected chi connectivity index (χ0v) is 7.01. The van der Waals surface area contributed by atoms with Gasteiger partial charge < -0.3 is 0 Å². The van der Waals surface area contributed by atoms with Gasteiger partial charge in [0.25, 0.3) is 0 Å². The highest BCUT2D eigenvalue weighted by Gasteiger charge is 2.04. The van der Waals surface area contributed by atoms with Gasteiger partial charge in [0.05, 0.1) is 5.75 Å². The summed E-state index contributed by atoms with van der Waals surface area (Å²) in [7, 11) is -3.56. The van der Waals surface area contributed by atoms with Gasteiger partial charge >= 0.3 is 0 Å². The predicted molar refractivity (Wildman–Crippen MR) is 43.2 cm³/mol. The molecule has 0 atom stereocenters. The minimum Gasteiger partial charge on any atom is -0.228 e. The molecule has 0 aliphatic carbocycles. The van der Waals surface area contributed by atoms with Crippen LogP contribution in [0.15, 0.2) is 24.3 Å². The quantitative estimate of drug-likeness (QED) is 0.741. The van der Waals surface area contributed by atoms with Gasteiger partial charge in [-0.2, -0.15) is 0 Å². The van der Waals surface area contributed by atoms with Crippen LogP contribution in [-0.2, 0) is 15.8 Å². The Kier molecular flexibility index (Phi) is 2.44. The third-order valence-corrected chi connectivity index (χ3v) is 1.99. The van der Waals surface area contributed by atoms with Crippen molar-refractivity contribution in [2.75, 3.05) is 0 Å². The number of benzene rings is 1. The molecule has 0 aliphatic rings. The standard InChI is InChI=1S/C7H8FNO2S/c8-7-3-1-2-6(4-7)5-12(9,10)11/h1-4H,5H2,(H2,9,10,11). The second-order valence-electron chi connectivity index (χ2n) is 2.44. The summed E-state index contributed by atoms with van der Waals surface area (Å²) in [5, 5.41) is 4.77. The Morgan fingerprint density at radius 3 is 2.58 bits per heavy atom. The summed E-state index contributed by atoms with van der Waals surface area (Å²) in [4.78, 5) is 0. The van der Waals surface area contributed by atoms with Crippen molar-refractivity contribution in [3.8, 4) is 0 Å². The minimum absolute atomic E-state index is 0.329. The van der Waals surface area contributed by atoms with Gasteiger partial charge in [0.2, 0.25) is 10.0 Å². The number of nitrogens with two attached hydrogens (primary N) is 1. The zero-order valence-electron chi connectivity index (χ0n) is 6.20. The molecule has 0 fully saturated rings. The lowest BCUT2D eigenvalue weighted by Gasteiger charge is -1.97. The summed E-state index contributed by atoms with van der Waals surface area (Å²) >= 11 is 0. The number of hydrogen-bond donors (Lipinski definition) is 1. The van der Waals surface area contributed by atoms with Crippen LogP contribution in [0.2, 0.25) is 0 Å². The maximum atomic E-state index is 12.5. The molecular formula is C7H8FNO2S. The number of sulfonamides is 1. The largest absolute Gasteiger partial charge is 0.228 e. The zero-order chi connectivity index (χ0) is 9.19. The summed E-state index contributed by atoms with van der Waals surface area (Å²) in [5.41, 5.74) is 0.359. The van der Waals surface area contributed by atoms with E-state index in [0.717, 1.165) is 6.07 Å². The Balaban J connectivity index is 2.91. The van der Waals surface area contributed by atoms with Gasteiger partial charge in [-0.15, -0.1) is 0 Å². The fourth-order valence-electron chi connectivity index (χ4n) is 0.859. The molecule has 0 heterocycles. The number of halogens is 1. The molecule has 2 N–H and O–H groups in total. The van der Waals surface area contributed by atoms with Crippen molar-refractivity contribution in [2.45, 2.75) is 5.75 Å². The van der Waals surface area contributed by atoms with Crippen molar-refractivity contribution in [3.63, 3.8) is 0 Å². The first-order valence-electron chi connectivity index (χ1n) is 3.22. The highest BCUT2D eigenvalue weighted by Crippen LogP contribution is 2.05. The van der Waals surface area contributed by atoms with Crippen LogP contribution in [0.1, 0.15) is 5.56 Å². The molecule has 3 nitrogen and oxygen atoms in total. The highest BCUT2D eigenvalue weighted by molar-refractivity contribution is 7.88. The predicted octanol–water partition coefficient (Wildman–Crippen LogP) is 0.614. The van der Waals surface area contributed by atoms with E-state index in [1.807, 2.05) is 0 Å². The van der Waals surface area contributed by atoms with Crippen molar-refractivity contribution in [1.29, 1.82) is 0 Å². The van der Waals surface area contributed by atoms with Crippen LogP contribution in [0.25, 0.3) is 0 Å². The van der Waals surface area contributed by atoms with Crippen molar-refractivity contribution in [2.24, 2.45) is 5.14 Å². The average molecular weight is 189 g/mol. The molecule has 0 aromatic heterocycles. The van der Waals surface area contributed by atoms with Crippen LogP contribution in [0.3, 0.4) is 0 Å². The minimum atomic E-state index is -3.56. The smallest absolute Gasteiger partial charge is 0.213 e. The lowest BCUT2D eigenvalue weighted by molar-refractivity contribution is 0.596. The SMILES string of the molecule is NS(=O)(=O)Cc1cccc(F)c1. The first-order chi connectivity index (χ1) is 5.47. The van der Waals surface area contributed by atoms with E-state index in [2.05, 4.69) is 0 Å². The van der Waals surface area contributed by atoms with Crippen LogP contribution in [0.5, 0.6) is 0 Å². The molecule has 1 rings (SSSR count). The topological polar surface area (TPSA) is 60.2 Å². The van der Waals surface area contributed by atoms with E-state index in [-0.39, 0.29) is 5.75 Å². The van der Waals surface area contributed by atoms with E-state index in [9.17, 15) is 12.8 Å². The molecule has 0 aliphatic heterocycles. The molecule has 0 saturated heterocycles. The van der Waals surface area contributed by atoms with Gasteiger partial charge in [0.1, 0.15) is 5.82 Å². The molecule has 0 radical (unpaired) electrons. The monoisotopic (exact) mass is 189 g/mol. The summed E-state index contributed by atoms with van der Waals surface area (Å²) in [6, 6.07) is 5.33. The summed E-state index contributed by atoms with van der Waals surface area (Å²) in [6.45, 7) is 0. The van der Waals surface area contributed by atoms with E-state index in [4.69, 9.17) is 5.14 Å². The summed E-state index contributed by atoms with van der Waals surface area (Å²) in [6.07, 6.45) is 0. The van der Waals surface area contributed by atoms with E-state index in [1.54, 1.807) is 0 Å². The number of hydrogen-bond acceptors (Lipinski definition) is 2. The Bertz CT molecular complexity index is 375.